The molecule has 1 nitrogen and oxygen atoms in total. The van der Waals surface area contributed by atoms with Gasteiger partial charge < -0.3 is 4.90 Å². The van der Waals surface area contributed by atoms with Crippen molar-refractivity contribution in [3.05, 3.63) is 64.7 Å². The second-order valence-electron chi connectivity index (χ2n) is 4.80. The van der Waals surface area contributed by atoms with Crippen LogP contribution in [-0.4, -0.2) is 25.4 Å². The van der Waals surface area contributed by atoms with Crippen molar-refractivity contribution >= 4 is 41.3 Å². The van der Waals surface area contributed by atoms with Crippen LogP contribution in [0.15, 0.2) is 58.3 Å². The van der Waals surface area contributed by atoms with Crippen molar-refractivity contribution in [1.29, 1.82) is 0 Å². The Balaban J connectivity index is 0.00000280. The minimum Gasteiger partial charge on any atom is -0.309 e. The number of fused-ring (bicyclic) bond motifs is 2. The molecule has 0 atom stereocenters. The molecule has 2 aromatic carbocycles. The fraction of sp³-hybridized carbons (Fsp3) is 0.222. The lowest BCUT2D eigenvalue weighted by molar-refractivity contribution is 0.417. The molecule has 0 amide bonds. The number of nitrogens with zero attached hydrogens (tertiary/aromatic N) is 1. The average Bonchev–Trinajstić information content (AvgIpc) is 2.55. The van der Waals surface area contributed by atoms with Gasteiger partial charge >= 0.3 is 0 Å². The van der Waals surface area contributed by atoms with Crippen molar-refractivity contribution in [3.8, 4) is 0 Å². The molecule has 0 saturated heterocycles. The summed E-state index contributed by atoms with van der Waals surface area (Å²) in [5.74, 6) is 0. The van der Waals surface area contributed by atoms with Gasteiger partial charge in [-0.05, 0) is 61.3 Å². The average molecular weight is 358 g/mol. The summed E-state index contributed by atoms with van der Waals surface area (Å²) in [6.07, 6.45) is 2.19. The molecule has 3 rings (SSSR count). The Morgan fingerprint density at radius 2 is 1.91 bits per heavy atom. The van der Waals surface area contributed by atoms with Crippen LogP contribution in [0.1, 0.15) is 25.8 Å². The largest absolute Gasteiger partial charge is 0.309 e. The normalized spacial score (nSPS) is 19.6. The Bertz CT molecular complexity index is 865. The molecule has 4 heteroatoms. The third-order valence-electron chi connectivity index (χ3n) is 3.33. The molecule has 2 aromatic rings. The van der Waals surface area contributed by atoms with Crippen LogP contribution in [0.3, 0.4) is 0 Å². The fourth-order valence-electron chi connectivity index (χ4n) is 2.40. The summed E-state index contributed by atoms with van der Waals surface area (Å²) in [7, 11) is 0. The highest BCUT2D eigenvalue weighted by molar-refractivity contribution is 7.99. The van der Waals surface area contributed by atoms with Crippen LogP contribution in [0.5, 0.6) is 0 Å². The van der Waals surface area contributed by atoms with Gasteiger partial charge in [-0.1, -0.05) is 47.6 Å². The van der Waals surface area contributed by atoms with Crippen LogP contribution in [0.4, 0.5) is 0 Å². The van der Waals surface area contributed by atoms with Crippen molar-refractivity contribution in [3.63, 3.8) is 0 Å². The molecule has 0 bridgehead atoms. The Kier molecular flexibility index (Phi) is 3.70. The lowest BCUT2D eigenvalue weighted by Gasteiger charge is -2.22. The van der Waals surface area contributed by atoms with E-state index in [1.165, 1.54) is 0 Å². The maximum absolute atomic E-state index is 7.49. The third kappa shape index (κ3) is 3.69. The first kappa shape index (κ1) is 10.8. The van der Waals surface area contributed by atoms with E-state index in [2.05, 4.69) is 0 Å². The van der Waals surface area contributed by atoms with Crippen LogP contribution in [-0.2, 0) is 0 Å². The van der Waals surface area contributed by atoms with Crippen molar-refractivity contribution in [2.24, 2.45) is 0 Å². The molecular formula is C18H19Cl2NS. The van der Waals surface area contributed by atoms with Gasteiger partial charge in [0.1, 0.15) is 0 Å². The molecule has 1 heterocycles. The van der Waals surface area contributed by atoms with Crippen molar-refractivity contribution in [2.45, 2.75) is 16.2 Å². The van der Waals surface area contributed by atoms with Crippen LogP contribution in [0.25, 0.3) is 5.57 Å². The summed E-state index contributed by atoms with van der Waals surface area (Å²) in [6, 6.07) is 13.6. The van der Waals surface area contributed by atoms with E-state index in [4.69, 9.17) is 19.8 Å². The molecule has 0 fully saturated rings. The minimum absolute atomic E-state index is 0. The van der Waals surface area contributed by atoms with Crippen LogP contribution in [0.2, 0.25) is 5.02 Å². The molecular weight excluding hydrogens is 333 g/mol. The second-order valence-corrected chi connectivity index (χ2v) is 6.32. The molecule has 0 saturated carbocycles. The molecule has 0 aliphatic carbocycles. The van der Waals surface area contributed by atoms with Gasteiger partial charge in [0, 0.05) is 29.6 Å². The van der Waals surface area contributed by atoms with Gasteiger partial charge in [-0.3, -0.25) is 0 Å². The number of hydrogen-bond acceptors (Lipinski definition) is 2. The van der Waals surface area contributed by atoms with Crippen LogP contribution in [0, 0.1) is 0 Å². The van der Waals surface area contributed by atoms with Gasteiger partial charge in [0.15, 0.2) is 0 Å². The standard InChI is InChI=1S/C18H18ClNS.ClH/c1-20(2)11-5-7-14-15-6-3-4-8-17(15)21-18-10-9-13(19)12-16(14)18;/h3-4,6-10,12H,5,11H2,1-2H3;1H/b14-7+;/i1D3,2D3;. The van der Waals surface area contributed by atoms with Crippen molar-refractivity contribution in [1.82, 2.24) is 4.90 Å². The molecule has 0 radical (unpaired) electrons. The van der Waals surface area contributed by atoms with E-state index in [9.17, 15) is 0 Å². The van der Waals surface area contributed by atoms with Crippen LogP contribution >= 0.6 is 35.8 Å². The first-order valence-electron chi connectivity index (χ1n) is 9.62. The highest BCUT2D eigenvalue weighted by Gasteiger charge is 2.20. The van der Waals surface area contributed by atoms with E-state index < -0.39 is 14.0 Å². The van der Waals surface area contributed by atoms with E-state index in [1.54, 1.807) is 11.8 Å². The zero-order chi connectivity index (χ0) is 19.8. The molecule has 0 aromatic heterocycles. The maximum Gasteiger partial charge on any atom is 0.0412 e. The van der Waals surface area contributed by atoms with E-state index >= 15 is 0 Å². The Morgan fingerprint density at radius 1 is 1.14 bits per heavy atom. The summed E-state index contributed by atoms with van der Waals surface area (Å²) in [6.45, 7) is -5.45. The smallest absolute Gasteiger partial charge is 0.0412 e. The molecule has 0 unspecified atom stereocenters. The lowest BCUT2D eigenvalue weighted by Crippen LogP contribution is -2.12. The second kappa shape index (κ2) is 7.56. The highest BCUT2D eigenvalue weighted by atomic mass is 35.5. The Morgan fingerprint density at radius 3 is 2.73 bits per heavy atom. The third-order valence-corrected chi connectivity index (χ3v) is 4.72. The van der Waals surface area contributed by atoms with Gasteiger partial charge in [-0.2, -0.15) is 0 Å². The van der Waals surface area contributed by atoms with E-state index in [0.29, 0.717) is 9.92 Å². The Hall–Kier alpha value is -0.930. The zero-order valence-corrected chi connectivity index (χ0v) is 14.1. The first-order valence-corrected chi connectivity index (χ1v) is 7.82. The summed E-state index contributed by atoms with van der Waals surface area (Å²) in [4.78, 5) is 2.74. The monoisotopic (exact) mass is 357 g/mol. The summed E-state index contributed by atoms with van der Waals surface area (Å²) in [5.41, 5.74) is 2.95. The Labute approximate surface area is 156 Å². The van der Waals surface area contributed by atoms with E-state index in [1.807, 2.05) is 48.5 Å². The number of benzene rings is 2. The predicted octanol–water partition coefficient (Wildman–Crippen LogP) is 5.61. The number of halogens is 2. The molecule has 116 valence electrons. The molecule has 1 aliphatic heterocycles. The maximum atomic E-state index is 7.49. The summed E-state index contributed by atoms with van der Waals surface area (Å²) in [5, 5.41) is 0.617. The molecule has 22 heavy (non-hydrogen) atoms. The zero-order valence-electron chi connectivity index (χ0n) is 17.7. The van der Waals surface area contributed by atoms with Crippen molar-refractivity contribution < 1.29 is 8.22 Å². The van der Waals surface area contributed by atoms with E-state index in [0.717, 1.165) is 26.5 Å². The lowest BCUT2D eigenvalue weighted by atomic mass is 9.96. The quantitative estimate of drug-likeness (QED) is 0.599. The number of rotatable bonds is 3. The van der Waals surface area contributed by atoms with Gasteiger partial charge in [-0.15, -0.1) is 12.4 Å². The fourth-order valence-corrected chi connectivity index (χ4v) is 3.66. The first-order chi connectivity index (χ1) is 12.6. The SMILES string of the molecule is Cl.[2H]C([2H])([2H])N(CC/C=C1\c2ccccc2Sc2ccc(Cl)cc21)C([2H])([2H])[2H]. The summed E-state index contributed by atoms with van der Waals surface area (Å²) >= 11 is 7.83. The van der Waals surface area contributed by atoms with Gasteiger partial charge in [0.2, 0.25) is 0 Å². The van der Waals surface area contributed by atoms with Gasteiger partial charge in [0.25, 0.3) is 0 Å². The minimum atomic E-state index is -2.68. The molecule has 1 aliphatic rings. The van der Waals surface area contributed by atoms with Crippen LogP contribution < -0.4 is 0 Å². The van der Waals surface area contributed by atoms with Gasteiger partial charge in [0.05, 0.1) is 0 Å². The summed E-state index contributed by atoms with van der Waals surface area (Å²) < 4.78 is 44.9. The van der Waals surface area contributed by atoms with E-state index in [-0.39, 0.29) is 25.4 Å². The topological polar surface area (TPSA) is 3.24 Å². The predicted molar refractivity (Wildman–Crippen MR) is 99.5 cm³/mol. The number of hydrogen-bond donors (Lipinski definition) is 0. The van der Waals surface area contributed by atoms with Crippen molar-refractivity contribution in [2.75, 3.05) is 20.5 Å². The molecule has 0 N–H and O–H groups in total. The van der Waals surface area contributed by atoms with Gasteiger partial charge in [-0.25, -0.2) is 0 Å². The highest BCUT2D eigenvalue weighted by Crippen LogP contribution is 2.46. The molecule has 0 spiro atoms.